The Hall–Kier alpha value is -2.79. The molecule has 10 heteroatoms. The largest absolute Gasteiger partial charge is 0.395 e. The van der Waals surface area contributed by atoms with Gasteiger partial charge in [0.15, 0.2) is 0 Å². The molecule has 5 N–H and O–H groups in total. The predicted molar refractivity (Wildman–Crippen MR) is 131 cm³/mol. The molecule has 2 heterocycles. The number of nitrogens with zero attached hydrogens (tertiary/aromatic N) is 4. The third-order valence-electron chi connectivity index (χ3n) is 6.69. The second kappa shape index (κ2) is 11.6. The zero-order valence-electron chi connectivity index (χ0n) is 19.5. The van der Waals surface area contributed by atoms with Gasteiger partial charge in [-0.1, -0.05) is 12.1 Å². The first-order valence-electron chi connectivity index (χ1n) is 12.1. The van der Waals surface area contributed by atoms with E-state index in [-0.39, 0.29) is 18.5 Å². The standard InChI is InChI=1S/C24H35N7O3/c25-19-3-7-20(8-4-19)30(15-16-32)17-18-1-5-21(6-2-18)31-12-9-22(28-24(31)34)27-23(33)29-13-10-26-11-14-29/h1-2,5-6,9,12,19-20,26,32H,3-4,7-8,10-11,13-17,25H2,(H,27,28,33,34). The first-order valence-corrected chi connectivity index (χ1v) is 12.1. The van der Waals surface area contributed by atoms with E-state index < -0.39 is 5.69 Å². The molecule has 1 aromatic heterocycles. The van der Waals surface area contributed by atoms with Crippen LogP contribution in [0.4, 0.5) is 10.6 Å². The molecule has 0 radical (unpaired) electrons. The highest BCUT2D eigenvalue weighted by Gasteiger charge is 2.24. The number of nitrogens with two attached hydrogens (primary N) is 1. The van der Waals surface area contributed by atoms with Crippen molar-refractivity contribution in [1.82, 2.24) is 24.7 Å². The first kappa shape index (κ1) is 24.3. The molecule has 1 aliphatic heterocycles. The van der Waals surface area contributed by atoms with Crippen LogP contribution in [0.15, 0.2) is 41.3 Å². The van der Waals surface area contributed by atoms with Gasteiger partial charge in [0, 0.05) is 57.5 Å². The van der Waals surface area contributed by atoms with Crippen molar-refractivity contribution in [2.24, 2.45) is 5.73 Å². The summed E-state index contributed by atoms with van der Waals surface area (Å²) in [6, 6.07) is 9.90. The van der Waals surface area contributed by atoms with Gasteiger partial charge >= 0.3 is 11.7 Å². The lowest BCUT2D eigenvalue weighted by Crippen LogP contribution is -2.48. The smallest absolute Gasteiger partial charge is 0.354 e. The summed E-state index contributed by atoms with van der Waals surface area (Å²) in [5.41, 5.74) is 7.42. The highest BCUT2D eigenvalue weighted by atomic mass is 16.3. The number of aromatic nitrogens is 2. The molecule has 0 bridgehead atoms. The van der Waals surface area contributed by atoms with Crippen LogP contribution in [0.3, 0.4) is 0 Å². The van der Waals surface area contributed by atoms with Gasteiger partial charge in [0.1, 0.15) is 5.82 Å². The topological polar surface area (TPSA) is 129 Å². The maximum absolute atomic E-state index is 12.6. The predicted octanol–water partition coefficient (Wildman–Crippen LogP) is 0.734. The summed E-state index contributed by atoms with van der Waals surface area (Å²) in [5.74, 6) is 0.244. The number of aliphatic hydroxyl groups excluding tert-OH is 1. The molecule has 2 fully saturated rings. The van der Waals surface area contributed by atoms with Crippen molar-refractivity contribution in [3.05, 3.63) is 52.6 Å². The molecule has 184 valence electrons. The Kier molecular flexibility index (Phi) is 8.28. The van der Waals surface area contributed by atoms with Crippen LogP contribution in [0.1, 0.15) is 31.2 Å². The van der Waals surface area contributed by atoms with Gasteiger partial charge < -0.3 is 21.1 Å². The van der Waals surface area contributed by atoms with Crippen LogP contribution in [0.25, 0.3) is 5.69 Å². The van der Waals surface area contributed by atoms with Crippen LogP contribution in [0, 0.1) is 0 Å². The Bertz CT molecular complexity index is 996. The number of aliphatic hydroxyl groups is 1. The first-order chi connectivity index (χ1) is 16.5. The Balaban J connectivity index is 1.39. The molecule has 34 heavy (non-hydrogen) atoms. The fourth-order valence-electron chi connectivity index (χ4n) is 4.71. The fourth-order valence-corrected chi connectivity index (χ4v) is 4.71. The zero-order valence-corrected chi connectivity index (χ0v) is 19.5. The number of rotatable bonds is 7. The minimum absolute atomic E-state index is 0.124. The SMILES string of the molecule is NC1CCC(N(CCO)Cc2ccc(-n3ccc(NC(=O)N4CCNCC4)nc3=O)cc2)CC1. The number of amides is 2. The third kappa shape index (κ3) is 6.20. The van der Waals surface area contributed by atoms with Crippen LogP contribution < -0.4 is 22.1 Å². The molecule has 2 amide bonds. The summed E-state index contributed by atoms with van der Waals surface area (Å²) in [4.78, 5) is 33.0. The van der Waals surface area contributed by atoms with E-state index in [1.807, 2.05) is 24.3 Å². The number of hydrogen-bond acceptors (Lipinski definition) is 7. The van der Waals surface area contributed by atoms with Gasteiger partial charge in [0.2, 0.25) is 0 Å². The zero-order chi connectivity index (χ0) is 23.9. The molecule has 2 aromatic rings. The molecular weight excluding hydrogens is 434 g/mol. The summed E-state index contributed by atoms with van der Waals surface area (Å²) in [6.07, 6.45) is 5.77. The highest BCUT2D eigenvalue weighted by Crippen LogP contribution is 2.24. The van der Waals surface area contributed by atoms with E-state index in [1.165, 1.54) is 4.57 Å². The molecule has 4 rings (SSSR count). The number of benzene rings is 1. The summed E-state index contributed by atoms with van der Waals surface area (Å²) in [7, 11) is 0. The summed E-state index contributed by atoms with van der Waals surface area (Å²) in [6.45, 7) is 4.25. The van der Waals surface area contributed by atoms with E-state index in [1.54, 1.807) is 17.2 Å². The van der Waals surface area contributed by atoms with Crippen molar-refractivity contribution in [3.8, 4) is 5.69 Å². The van der Waals surface area contributed by atoms with Crippen molar-refractivity contribution in [2.45, 2.75) is 44.3 Å². The maximum atomic E-state index is 12.6. The highest BCUT2D eigenvalue weighted by molar-refractivity contribution is 5.88. The van der Waals surface area contributed by atoms with E-state index in [0.29, 0.717) is 37.4 Å². The molecule has 0 spiro atoms. The monoisotopic (exact) mass is 469 g/mol. The van der Waals surface area contributed by atoms with Crippen LogP contribution >= 0.6 is 0 Å². The molecule has 10 nitrogen and oxygen atoms in total. The third-order valence-corrected chi connectivity index (χ3v) is 6.69. The Labute approximate surface area is 199 Å². The number of hydrogen-bond donors (Lipinski definition) is 4. The number of piperazine rings is 1. The molecule has 2 aliphatic rings. The van der Waals surface area contributed by atoms with Crippen LogP contribution in [-0.2, 0) is 6.54 Å². The van der Waals surface area contributed by atoms with Crippen molar-refractivity contribution >= 4 is 11.8 Å². The van der Waals surface area contributed by atoms with Gasteiger partial charge in [0.05, 0.1) is 12.3 Å². The van der Waals surface area contributed by atoms with Gasteiger partial charge in [-0.2, -0.15) is 4.98 Å². The minimum Gasteiger partial charge on any atom is -0.395 e. The Morgan fingerprint density at radius 3 is 2.50 bits per heavy atom. The van der Waals surface area contributed by atoms with Gasteiger partial charge in [-0.25, -0.2) is 9.59 Å². The van der Waals surface area contributed by atoms with Crippen molar-refractivity contribution in [3.63, 3.8) is 0 Å². The van der Waals surface area contributed by atoms with Crippen LogP contribution in [0.2, 0.25) is 0 Å². The van der Waals surface area contributed by atoms with Crippen LogP contribution in [-0.4, -0.2) is 81.9 Å². The van der Waals surface area contributed by atoms with E-state index in [9.17, 15) is 14.7 Å². The summed E-state index contributed by atoms with van der Waals surface area (Å²) >= 11 is 0. The normalized spacial score (nSPS) is 21.0. The minimum atomic E-state index is -0.452. The second-order valence-corrected chi connectivity index (χ2v) is 9.06. The number of carbonyl (C=O) groups excluding carboxylic acids is 1. The lowest BCUT2D eigenvalue weighted by atomic mass is 9.90. The molecule has 1 saturated carbocycles. The fraction of sp³-hybridized carbons (Fsp3) is 0.542. The molecule has 1 aromatic carbocycles. The van der Waals surface area contributed by atoms with Crippen LogP contribution in [0.5, 0.6) is 0 Å². The van der Waals surface area contributed by atoms with E-state index in [0.717, 1.165) is 50.9 Å². The van der Waals surface area contributed by atoms with Crippen molar-refractivity contribution < 1.29 is 9.90 Å². The molecule has 1 aliphatic carbocycles. The average molecular weight is 470 g/mol. The van der Waals surface area contributed by atoms with Gasteiger partial charge in [-0.15, -0.1) is 0 Å². The number of urea groups is 1. The van der Waals surface area contributed by atoms with E-state index in [4.69, 9.17) is 5.73 Å². The van der Waals surface area contributed by atoms with Gasteiger partial charge in [-0.05, 0) is 49.4 Å². The quantitative estimate of drug-likeness (QED) is 0.471. The molecular formula is C24H35N7O3. The lowest BCUT2D eigenvalue weighted by molar-refractivity contribution is 0.113. The van der Waals surface area contributed by atoms with Crippen molar-refractivity contribution in [2.75, 3.05) is 44.6 Å². The molecule has 1 saturated heterocycles. The maximum Gasteiger partial charge on any atom is 0.354 e. The van der Waals surface area contributed by atoms with E-state index in [2.05, 4.69) is 20.5 Å². The summed E-state index contributed by atoms with van der Waals surface area (Å²) < 4.78 is 1.46. The second-order valence-electron chi connectivity index (χ2n) is 9.06. The number of carbonyl (C=O) groups is 1. The lowest BCUT2D eigenvalue weighted by Gasteiger charge is -2.35. The average Bonchev–Trinajstić information content (AvgIpc) is 2.85. The Morgan fingerprint density at radius 1 is 1.15 bits per heavy atom. The number of nitrogens with one attached hydrogen (secondary N) is 2. The summed E-state index contributed by atoms with van der Waals surface area (Å²) in [5, 5.41) is 15.4. The van der Waals surface area contributed by atoms with Gasteiger partial charge in [0.25, 0.3) is 0 Å². The molecule has 0 unspecified atom stereocenters. The van der Waals surface area contributed by atoms with E-state index >= 15 is 0 Å². The van der Waals surface area contributed by atoms with Gasteiger partial charge in [-0.3, -0.25) is 14.8 Å². The molecule has 0 atom stereocenters. The van der Waals surface area contributed by atoms with Crippen molar-refractivity contribution in [1.29, 1.82) is 0 Å². The Morgan fingerprint density at radius 2 is 1.85 bits per heavy atom. The number of anilines is 1.